The predicted molar refractivity (Wildman–Crippen MR) is 67.0 cm³/mol. The highest BCUT2D eigenvalue weighted by atomic mass is 16.2. The summed E-state index contributed by atoms with van der Waals surface area (Å²) in [7, 11) is 0. The third-order valence-corrected chi connectivity index (χ3v) is 3.44. The number of amides is 1. The Labute approximate surface area is 99.2 Å². The largest absolute Gasteiger partial charge is 0.354 e. The molecule has 0 radical (unpaired) electrons. The van der Waals surface area contributed by atoms with Crippen LogP contribution in [-0.2, 0) is 4.79 Å². The van der Waals surface area contributed by atoms with Crippen molar-refractivity contribution in [3.63, 3.8) is 0 Å². The Hall–Kier alpha value is -0.570. The molecule has 16 heavy (non-hydrogen) atoms. The monoisotopic (exact) mass is 226 g/mol. The Morgan fingerprint density at radius 2 is 2.06 bits per heavy atom. The van der Waals surface area contributed by atoms with Crippen molar-refractivity contribution in [3.8, 4) is 0 Å². The molecular weight excluding hydrogens is 200 g/mol. The maximum absolute atomic E-state index is 11.7. The highest BCUT2D eigenvalue weighted by molar-refractivity contribution is 5.81. The number of hydrogen-bond acceptors (Lipinski definition) is 2. The van der Waals surface area contributed by atoms with Crippen molar-refractivity contribution in [2.24, 2.45) is 17.1 Å². The molecule has 1 amide bonds. The highest BCUT2D eigenvalue weighted by Gasteiger charge is 2.41. The second-order valence-corrected chi connectivity index (χ2v) is 5.70. The van der Waals surface area contributed by atoms with Crippen molar-refractivity contribution in [1.82, 2.24) is 5.32 Å². The van der Waals surface area contributed by atoms with Crippen LogP contribution in [0.5, 0.6) is 0 Å². The normalized spacial score (nSPS) is 19.6. The summed E-state index contributed by atoms with van der Waals surface area (Å²) in [5.41, 5.74) is 6.25. The molecule has 1 aliphatic carbocycles. The summed E-state index contributed by atoms with van der Waals surface area (Å²) in [5.74, 6) is 0.502. The van der Waals surface area contributed by atoms with Crippen LogP contribution in [0, 0.1) is 11.3 Å². The van der Waals surface area contributed by atoms with Gasteiger partial charge in [0.05, 0.1) is 6.04 Å². The molecule has 0 bridgehead atoms. The number of carbonyl (C=O) groups is 1. The lowest BCUT2D eigenvalue weighted by Gasteiger charge is -2.18. The molecule has 1 fully saturated rings. The van der Waals surface area contributed by atoms with E-state index in [0.717, 1.165) is 13.0 Å². The van der Waals surface area contributed by atoms with Gasteiger partial charge < -0.3 is 11.1 Å². The maximum Gasteiger partial charge on any atom is 0.236 e. The van der Waals surface area contributed by atoms with Crippen molar-refractivity contribution in [2.75, 3.05) is 6.54 Å². The molecule has 0 aromatic carbocycles. The number of rotatable bonds is 7. The Kier molecular flexibility index (Phi) is 4.78. The number of carbonyl (C=O) groups excluding carboxylic acids is 1. The predicted octanol–water partition coefficient (Wildman–Crippen LogP) is 2.06. The minimum absolute atomic E-state index is 0.0241. The van der Waals surface area contributed by atoms with Crippen LogP contribution in [0.25, 0.3) is 0 Å². The van der Waals surface area contributed by atoms with Gasteiger partial charge in [0.2, 0.25) is 5.91 Å². The van der Waals surface area contributed by atoms with E-state index in [1.54, 1.807) is 0 Å². The molecule has 1 saturated carbocycles. The van der Waals surface area contributed by atoms with Crippen molar-refractivity contribution in [2.45, 2.75) is 58.9 Å². The van der Waals surface area contributed by atoms with Gasteiger partial charge in [-0.3, -0.25) is 4.79 Å². The average molecular weight is 226 g/mol. The van der Waals surface area contributed by atoms with Gasteiger partial charge in [0.1, 0.15) is 0 Å². The van der Waals surface area contributed by atoms with Crippen LogP contribution < -0.4 is 11.1 Å². The fraction of sp³-hybridized carbons (Fsp3) is 0.923. The van der Waals surface area contributed by atoms with E-state index in [1.807, 2.05) is 0 Å². The van der Waals surface area contributed by atoms with E-state index in [9.17, 15) is 4.79 Å². The van der Waals surface area contributed by atoms with Crippen LogP contribution in [0.4, 0.5) is 0 Å². The van der Waals surface area contributed by atoms with Gasteiger partial charge in [-0.2, -0.15) is 0 Å². The fourth-order valence-corrected chi connectivity index (χ4v) is 2.24. The van der Waals surface area contributed by atoms with Crippen LogP contribution in [0.1, 0.15) is 52.9 Å². The maximum atomic E-state index is 11.7. The quantitative estimate of drug-likeness (QED) is 0.698. The van der Waals surface area contributed by atoms with Gasteiger partial charge in [-0.25, -0.2) is 0 Å². The van der Waals surface area contributed by atoms with Gasteiger partial charge in [0, 0.05) is 6.54 Å². The smallest absolute Gasteiger partial charge is 0.236 e. The van der Waals surface area contributed by atoms with Crippen molar-refractivity contribution >= 4 is 5.91 Å². The Morgan fingerprint density at radius 1 is 1.44 bits per heavy atom. The molecule has 3 N–H and O–H groups in total. The summed E-state index contributed by atoms with van der Waals surface area (Å²) in [5, 5.41) is 3.01. The Morgan fingerprint density at radius 3 is 2.50 bits per heavy atom. The molecule has 94 valence electrons. The van der Waals surface area contributed by atoms with Crippen LogP contribution >= 0.6 is 0 Å². The van der Waals surface area contributed by atoms with Gasteiger partial charge in [0.25, 0.3) is 0 Å². The van der Waals surface area contributed by atoms with Crippen LogP contribution in [0.3, 0.4) is 0 Å². The molecule has 1 rings (SSSR count). The topological polar surface area (TPSA) is 55.1 Å². The van der Waals surface area contributed by atoms with E-state index in [1.165, 1.54) is 25.7 Å². The number of nitrogens with two attached hydrogens (primary N) is 1. The summed E-state index contributed by atoms with van der Waals surface area (Å²) in [6, 6.07) is -0.336. The lowest BCUT2D eigenvalue weighted by atomic mass is 10.00. The molecular formula is C13H26N2O. The van der Waals surface area contributed by atoms with Crippen molar-refractivity contribution < 1.29 is 4.79 Å². The zero-order valence-corrected chi connectivity index (χ0v) is 10.9. The lowest BCUT2D eigenvalue weighted by molar-refractivity contribution is -0.123. The first-order chi connectivity index (χ1) is 7.49. The van der Waals surface area contributed by atoms with E-state index in [2.05, 4.69) is 26.1 Å². The molecule has 0 saturated heterocycles. The molecule has 0 aromatic rings. The molecule has 0 aliphatic heterocycles. The highest BCUT2D eigenvalue weighted by Crippen LogP contribution is 2.48. The SMILES string of the molecule is CCCC1(CNC(=O)C(N)CC(C)C)CC1. The van der Waals surface area contributed by atoms with Gasteiger partial charge in [-0.05, 0) is 37.0 Å². The minimum atomic E-state index is -0.336. The summed E-state index contributed by atoms with van der Waals surface area (Å²) < 4.78 is 0. The summed E-state index contributed by atoms with van der Waals surface area (Å²) in [6.07, 6.45) is 5.73. The van der Waals surface area contributed by atoms with Gasteiger partial charge in [0.15, 0.2) is 0 Å². The zero-order valence-electron chi connectivity index (χ0n) is 10.9. The first kappa shape index (κ1) is 13.5. The second kappa shape index (κ2) is 5.67. The summed E-state index contributed by atoms with van der Waals surface area (Å²) in [6.45, 7) is 7.21. The van der Waals surface area contributed by atoms with E-state index < -0.39 is 0 Å². The second-order valence-electron chi connectivity index (χ2n) is 5.70. The molecule has 1 unspecified atom stereocenters. The number of hydrogen-bond donors (Lipinski definition) is 2. The van der Waals surface area contributed by atoms with Crippen molar-refractivity contribution in [1.29, 1.82) is 0 Å². The number of nitrogens with one attached hydrogen (secondary N) is 1. The van der Waals surface area contributed by atoms with Crippen LogP contribution in [0.15, 0.2) is 0 Å². The van der Waals surface area contributed by atoms with Crippen LogP contribution in [-0.4, -0.2) is 18.5 Å². The molecule has 3 nitrogen and oxygen atoms in total. The molecule has 0 heterocycles. The average Bonchev–Trinajstić information content (AvgIpc) is 2.94. The van der Waals surface area contributed by atoms with Gasteiger partial charge in [-0.1, -0.05) is 27.2 Å². The van der Waals surface area contributed by atoms with Crippen molar-refractivity contribution in [3.05, 3.63) is 0 Å². The first-order valence-electron chi connectivity index (χ1n) is 6.52. The molecule has 1 aliphatic rings. The third kappa shape index (κ3) is 4.12. The summed E-state index contributed by atoms with van der Waals surface area (Å²) in [4.78, 5) is 11.7. The van der Waals surface area contributed by atoms with E-state index in [0.29, 0.717) is 11.3 Å². The zero-order chi connectivity index (χ0) is 12.2. The van der Waals surface area contributed by atoms with Gasteiger partial charge in [-0.15, -0.1) is 0 Å². The Balaban J connectivity index is 2.24. The van der Waals surface area contributed by atoms with Crippen LogP contribution in [0.2, 0.25) is 0 Å². The minimum Gasteiger partial charge on any atom is -0.354 e. The third-order valence-electron chi connectivity index (χ3n) is 3.44. The van der Waals surface area contributed by atoms with E-state index in [4.69, 9.17) is 5.73 Å². The summed E-state index contributed by atoms with van der Waals surface area (Å²) >= 11 is 0. The fourth-order valence-electron chi connectivity index (χ4n) is 2.24. The van der Waals surface area contributed by atoms with E-state index in [-0.39, 0.29) is 11.9 Å². The Bertz CT molecular complexity index is 234. The molecule has 0 spiro atoms. The standard InChI is InChI=1S/C13H26N2O/c1-4-5-13(6-7-13)9-15-12(16)11(14)8-10(2)3/h10-11H,4-9,14H2,1-3H3,(H,15,16). The molecule has 0 aromatic heterocycles. The molecule has 3 heteroatoms. The first-order valence-corrected chi connectivity index (χ1v) is 6.52. The molecule has 1 atom stereocenters. The lowest BCUT2D eigenvalue weighted by Crippen LogP contribution is -2.43. The van der Waals surface area contributed by atoms with Gasteiger partial charge >= 0.3 is 0 Å². The van der Waals surface area contributed by atoms with E-state index >= 15 is 0 Å².